The molecular formula is C23H21Cl2N3O5S. The molecule has 178 valence electrons. The topological polar surface area (TPSA) is 108 Å². The minimum absolute atomic E-state index is 0.00456. The molecule has 0 heterocycles. The monoisotopic (exact) mass is 521 g/mol. The molecule has 0 aromatic heterocycles. The summed E-state index contributed by atoms with van der Waals surface area (Å²) in [5.41, 5.74) is 3.03. The Labute approximate surface area is 207 Å². The van der Waals surface area contributed by atoms with Gasteiger partial charge in [0.2, 0.25) is 0 Å². The first-order chi connectivity index (χ1) is 16.2. The minimum Gasteiger partial charge on any atom is -0.504 e. The average molecular weight is 522 g/mol. The first-order valence-corrected chi connectivity index (χ1v) is 12.2. The number of hydrazone groups is 1. The average Bonchev–Trinajstić information content (AvgIpc) is 2.82. The lowest BCUT2D eigenvalue weighted by Crippen LogP contribution is -2.39. The molecule has 0 saturated carbocycles. The van der Waals surface area contributed by atoms with E-state index in [0.717, 1.165) is 4.31 Å². The molecule has 0 aliphatic rings. The fourth-order valence-corrected chi connectivity index (χ4v) is 4.63. The van der Waals surface area contributed by atoms with Gasteiger partial charge in [-0.3, -0.25) is 9.10 Å². The Morgan fingerprint density at radius 1 is 1.09 bits per heavy atom. The Balaban J connectivity index is 1.82. The second kappa shape index (κ2) is 11.2. The van der Waals surface area contributed by atoms with Crippen LogP contribution in [0.4, 0.5) is 5.69 Å². The van der Waals surface area contributed by atoms with Crippen LogP contribution in [-0.2, 0) is 14.8 Å². The molecule has 11 heteroatoms. The fraction of sp³-hybridized carbons (Fsp3) is 0.130. The number of phenolic OH excluding ortho intramolecular Hbond substituents is 1. The van der Waals surface area contributed by atoms with Gasteiger partial charge in [-0.2, -0.15) is 5.10 Å². The third-order valence-corrected chi connectivity index (χ3v) is 7.02. The van der Waals surface area contributed by atoms with Crippen LogP contribution >= 0.6 is 23.2 Å². The number of hydrogen-bond donors (Lipinski definition) is 2. The van der Waals surface area contributed by atoms with Crippen LogP contribution in [-0.4, -0.2) is 38.8 Å². The van der Waals surface area contributed by atoms with Crippen molar-refractivity contribution in [1.82, 2.24) is 5.43 Å². The van der Waals surface area contributed by atoms with Crippen LogP contribution in [0.3, 0.4) is 0 Å². The van der Waals surface area contributed by atoms with E-state index in [-0.39, 0.29) is 32.1 Å². The number of nitrogens with zero attached hydrogens (tertiary/aromatic N) is 2. The number of carbonyl (C=O) groups is 1. The van der Waals surface area contributed by atoms with Gasteiger partial charge >= 0.3 is 0 Å². The van der Waals surface area contributed by atoms with Crippen molar-refractivity contribution in [3.8, 4) is 11.5 Å². The summed E-state index contributed by atoms with van der Waals surface area (Å²) in [5, 5.41) is 14.0. The zero-order chi connectivity index (χ0) is 24.7. The van der Waals surface area contributed by atoms with Crippen LogP contribution in [0.1, 0.15) is 12.5 Å². The Morgan fingerprint density at radius 2 is 1.82 bits per heavy atom. The van der Waals surface area contributed by atoms with E-state index in [1.54, 1.807) is 37.3 Å². The molecule has 0 bridgehead atoms. The van der Waals surface area contributed by atoms with E-state index in [0.29, 0.717) is 12.2 Å². The summed E-state index contributed by atoms with van der Waals surface area (Å²) >= 11 is 12.0. The second-order valence-corrected chi connectivity index (χ2v) is 9.55. The van der Waals surface area contributed by atoms with Gasteiger partial charge in [0, 0.05) is 0 Å². The van der Waals surface area contributed by atoms with E-state index in [1.165, 1.54) is 42.6 Å². The smallest absolute Gasteiger partial charge is 0.264 e. The summed E-state index contributed by atoms with van der Waals surface area (Å²) < 4.78 is 32.8. The van der Waals surface area contributed by atoms with Crippen molar-refractivity contribution in [2.45, 2.75) is 11.8 Å². The molecule has 0 atom stereocenters. The zero-order valence-electron chi connectivity index (χ0n) is 18.0. The summed E-state index contributed by atoms with van der Waals surface area (Å²) in [5.74, 6) is -0.436. The molecular weight excluding hydrogens is 501 g/mol. The van der Waals surface area contributed by atoms with Gasteiger partial charge in [0.15, 0.2) is 11.5 Å². The highest BCUT2D eigenvalue weighted by atomic mass is 35.5. The van der Waals surface area contributed by atoms with Crippen molar-refractivity contribution >= 4 is 51.0 Å². The van der Waals surface area contributed by atoms with Gasteiger partial charge in [0.25, 0.3) is 15.9 Å². The third kappa shape index (κ3) is 6.19. The molecule has 0 saturated heterocycles. The lowest BCUT2D eigenvalue weighted by molar-refractivity contribution is -0.119. The fourth-order valence-electron chi connectivity index (χ4n) is 2.90. The number of halogens is 2. The van der Waals surface area contributed by atoms with Gasteiger partial charge in [0.05, 0.1) is 33.4 Å². The number of rotatable bonds is 9. The predicted octanol–water partition coefficient (Wildman–Crippen LogP) is 4.44. The number of nitrogens with one attached hydrogen (secondary N) is 1. The summed E-state index contributed by atoms with van der Waals surface area (Å²) in [6.07, 6.45) is 1.34. The molecule has 3 aromatic carbocycles. The van der Waals surface area contributed by atoms with Gasteiger partial charge in [-0.15, -0.1) is 0 Å². The van der Waals surface area contributed by atoms with E-state index in [9.17, 15) is 18.3 Å². The number of carbonyl (C=O) groups excluding carboxylic acids is 1. The summed E-state index contributed by atoms with van der Waals surface area (Å²) in [6, 6.07) is 16.5. The largest absolute Gasteiger partial charge is 0.504 e. The standard InChI is InChI=1S/C23H21Cl2N3O5S/c1-2-33-22-12-16(8-11-21(22)29)14-26-27-23(30)15-28(17-9-10-19(24)20(25)13-17)34(31,32)18-6-4-3-5-7-18/h3-14,29H,2,15H2,1H3,(H,27,30)/b26-14-. The maximum Gasteiger partial charge on any atom is 0.264 e. The minimum atomic E-state index is -4.10. The Morgan fingerprint density at radius 3 is 2.50 bits per heavy atom. The Hall–Kier alpha value is -3.27. The highest BCUT2D eigenvalue weighted by molar-refractivity contribution is 7.92. The number of hydrogen-bond acceptors (Lipinski definition) is 6. The lowest BCUT2D eigenvalue weighted by Gasteiger charge is -2.24. The molecule has 1 amide bonds. The first kappa shape index (κ1) is 25.4. The molecule has 0 aliphatic heterocycles. The van der Waals surface area contributed by atoms with E-state index < -0.39 is 22.5 Å². The number of amides is 1. The van der Waals surface area contributed by atoms with Crippen LogP contribution < -0.4 is 14.5 Å². The SMILES string of the molecule is CCOc1cc(/C=N\NC(=O)CN(c2ccc(Cl)c(Cl)c2)S(=O)(=O)c2ccccc2)ccc1O. The normalized spacial score (nSPS) is 11.4. The van der Waals surface area contributed by atoms with Crippen molar-refractivity contribution in [3.05, 3.63) is 82.3 Å². The molecule has 3 aromatic rings. The number of ether oxygens (including phenoxy) is 1. The number of phenols is 1. The molecule has 0 radical (unpaired) electrons. The van der Waals surface area contributed by atoms with Crippen molar-refractivity contribution in [2.75, 3.05) is 17.5 Å². The van der Waals surface area contributed by atoms with Crippen LogP contribution in [0.15, 0.2) is 76.7 Å². The number of anilines is 1. The van der Waals surface area contributed by atoms with Gasteiger partial charge in [-0.05, 0) is 61.0 Å². The van der Waals surface area contributed by atoms with E-state index >= 15 is 0 Å². The number of sulfonamides is 1. The summed E-state index contributed by atoms with van der Waals surface area (Å²) in [7, 11) is -4.10. The van der Waals surface area contributed by atoms with Crippen molar-refractivity contribution < 1.29 is 23.1 Å². The molecule has 3 rings (SSSR count). The van der Waals surface area contributed by atoms with Crippen LogP contribution in [0, 0.1) is 0 Å². The highest BCUT2D eigenvalue weighted by Gasteiger charge is 2.27. The lowest BCUT2D eigenvalue weighted by atomic mass is 10.2. The Bertz CT molecular complexity index is 1300. The van der Waals surface area contributed by atoms with E-state index in [4.69, 9.17) is 27.9 Å². The van der Waals surface area contributed by atoms with Crippen LogP contribution in [0.25, 0.3) is 0 Å². The molecule has 2 N–H and O–H groups in total. The molecule has 0 spiro atoms. The maximum absolute atomic E-state index is 13.3. The van der Waals surface area contributed by atoms with Gasteiger partial charge in [-0.1, -0.05) is 41.4 Å². The van der Waals surface area contributed by atoms with Gasteiger partial charge in [-0.25, -0.2) is 13.8 Å². The van der Waals surface area contributed by atoms with Gasteiger partial charge < -0.3 is 9.84 Å². The third-order valence-electron chi connectivity index (χ3n) is 4.50. The first-order valence-electron chi connectivity index (χ1n) is 10.0. The zero-order valence-corrected chi connectivity index (χ0v) is 20.3. The second-order valence-electron chi connectivity index (χ2n) is 6.88. The molecule has 8 nitrogen and oxygen atoms in total. The van der Waals surface area contributed by atoms with Gasteiger partial charge in [0.1, 0.15) is 6.54 Å². The molecule has 0 aliphatic carbocycles. The van der Waals surface area contributed by atoms with E-state index in [1.807, 2.05) is 0 Å². The number of aromatic hydroxyl groups is 1. The molecule has 34 heavy (non-hydrogen) atoms. The summed E-state index contributed by atoms with van der Waals surface area (Å²) in [4.78, 5) is 12.6. The van der Waals surface area contributed by atoms with Crippen molar-refractivity contribution in [1.29, 1.82) is 0 Å². The summed E-state index contributed by atoms with van der Waals surface area (Å²) in [6.45, 7) is 1.58. The quantitative estimate of drug-likeness (QED) is 0.319. The molecule has 0 fully saturated rings. The van der Waals surface area contributed by atoms with Crippen molar-refractivity contribution in [2.24, 2.45) is 5.10 Å². The van der Waals surface area contributed by atoms with Crippen molar-refractivity contribution in [3.63, 3.8) is 0 Å². The Kier molecular flexibility index (Phi) is 8.38. The molecule has 0 unspecified atom stereocenters. The predicted molar refractivity (Wildman–Crippen MR) is 132 cm³/mol. The van der Waals surface area contributed by atoms with Crippen LogP contribution in [0.2, 0.25) is 10.0 Å². The highest BCUT2D eigenvalue weighted by Crippen LogP contribution is 2.30. The maximum atomic E-state index is 13.3. The van der Waals surface area contributed by atoms with Crippen LogP contribution in [0.5, 0.6) is 11.5 Å². The van der Waals surface area contributed by atoms with E-state index in [2.05, 4.69) is 10.5 Å². The number of benzene rings is 3.